The van der Waals surface area contributed by atoms with Gasteiger partial charge in [-0.1, -0.05) is 6.07 Å². The number of hydrogen-bond donors (Lipinski definition) is 1. The highest BCUT2D eigenvalue weighted by Gasteiger charge is 2.34. The second-order valence-electron chi connectivity index (χ2n) is 8.75. The summed E-state index contributed by atoms with van der Waals surface area (Å²) in [7, 11) is -3.74. The molecule has 4 rings (SSSR count). The first kappa shape index (κ1) is 24.7. The summed E-state index contributed by atoms with van der Waals surface area (Å²) in [5.74, 6) is -0.468. The number of nitrogens with zero attached hydrogens (tertiary/aromatic N) is 4. The molecule has 1 N–H and O–H groups in total. The fraction of sp³-hybridized carbons (Fsp3) is 0.375. The molecule has 1 aliphatic rings. The second-order valence-corrected chi connectivity index (χ2v) is 10.6. The van der Waals surface area contributed by atoms with E-state index >= 15 is 0 Å². The van der Waals surface area contributed by atoms with Gasteiger partial charge in [0.15, 0.2) is 5.76 Å². The van der Waals surface area contributed by atoms with Crippen molar-refractivity contribution >= 4 is 27.5 Å². The molecule has 11 heteroatoms. The molecule has 186 valence electrons. The molecule has 1 aliphatic heterocycles. The van der Waals surface area contributed by atoms with E-state index in [4.69, 9.17) is 4.42 Å². The number of amides is 2. The van der Waals surface area contributed by atoms with Crippen LogP contribution in [0.1, 0.15) is 52.2 Å². The van der Waals surface area contributed by atoms with E-state index in [1.807, 2.05) is 13.8 Å². The monoisotopic (exact) mass is 499 g/mol. The Bertz CT molecular complexity index is 1340. The molecule has 2 amide bonds. The van der Waals surface area contributed by atoms with Crippen molar-refractivity contribution in [2.45, 2.75) is 38.6 Å². The molecule has 10 nitrogen and oxygen atoms in total. The molecule has 1 fully saturated rings. The topological polar surface area (TPSA) is 118 Å². The van der Waals surface area contributed by atoms with Crippen LogP contribution in [0, 0.1) is 13.8 Å². The van der Waals surface area contributed by atoms with Gasteiger partial charge in [0, 0.05) is 43.5 Å². The van der Waals surface area contributed by atoms with Crippen LogP contribution < -0.4 is 5.32 Å². The fourth-order valence-corrected chi connectivity index (χ4v) is 6.08. The van der Waals surface area contributed by atoms with Gasteiger partial charge in [-0.3, -0.25) is 14.3 Å². The Balaban J connectivity index is 1.44. The number of furan rings is 1. The quantitative estimate of drug-likeness (QED) is 0.557. The summed E-state index contributed by atoms with van der Waals surface area (Å²) in [5, 5.41) is 7.12. The van der Waals surface area contributed by atoms with Gasteiger partial charge in [0.1, 0.15) is 4.90 Å². The number of nitrogens with one attached hydrogen (secondary N) is 1. The molecule has 0 saturated carbocycles. The zero-order chi connectivity index (χ0) is 25.3. The maximum atomic E-state index is 13.4. The number of piperazine rings is 1. The van der Waals surface area contributed by atoms with Gasteiger partial charge < -0.3 is 14.6 Å². The van der Waals surface area contributed by atoms with Crippen molar-refractivity contribution in [2.75, 3.05) is 31.5 Å². The molecule has 2 aromatic heterocycles. The Morgan fingerprint density at radius 1 is 1.06 bits per heavy atom. The Hall–Kier alpha value is -3.44. The minimum atomic E-state index is -3.74. The molecule has 3 heterocycles. The molecule has 0 spiro atoms. The summed E-state index contributed by atoms with van der Waals surface area (Å²) in [6.07, 6.45) is 1.41. The highest BCUT2D eigenvalue weighted by Crippen LogP contribution is 2.26. The van der Waals surface area contributed by atoms with Crippen molar-refractivity contribution < 1.29 is 22.4 Å². The van der Waals surface area contributed by atoms with Gasteiger partial charge in [-0.15, -0.1) is 0 Å². The number of benzene rings is 1. The van der Waals surface area contributed by atoms with Crippen molar-refractivity contribution in [3.8, 4) is 0 Å². The van der Waals surface area contributed by atoms with Gasteiger partial charge in [0.25, 0.3) is 11.8 Å². The van der Waals surface area contributed by atoms with Gasteiger partial charge in [-0.05, 0) is 58.0 Å². The molecule has 0 aliphatic carbocycles. The number of aryl methyl sites for hydroxylation is 1. The maximum Gasteiger partial charge on any atom is 0.291 e. The number of aromatic nitrogens is 2. The summed E-state index contributed by atoms with van der Waals surface area (Å²) in [4.78, 5) is 27.2. The van der Waals surface area contributed by atoms with E-state index in [9.17, 15) is 18.0 Å². The van der Waals surface area contributed by atoms with Crippen molar-refractivity contribution in [3.63, 3.8) is 0 Å². The van der Waals surface area contributed by atoms with E-state index in [0.29, 0.717) is 22.6 Å². The summed E-state index contributed by atoms with van der Waals surface area (Å²) in [6, 6.07) is 9.85. The number of anilines is 1. The third kappa shape index (κ3) is 4.87. The van der Waals surface area contributed by atoms with Crippen LogP contribution in [0.3, 0.4) is 0 Å². The molecule has 0 unspecified atom stereocenters. The number of carbonyl (C=O) groups excluding carboxylic acids is 2. The van der Waals surface area contributed by atoms with Crippen LogP contribution in [0.5, 0.6) is 0 Å². The smallest absolute Gasteiger partial charge is 0.291 e. The average molecular weight is 500 g/mol. The lowest BCUT2D eigenvalue weighted by Gasteiger charge is -2.34. The zero-order valence-electron chi connectivity index (χ0n) is 20.2. The Morgan fingerprint density at radius 2 is 1.77 bits per heavy atom. The summed E-state index contributed by atoms with van der Waals surface area (Å²) < 4.78 is 35.0. The molecule has 3 aromatic rings. The number of rotatable bonds is 6. The highest BCUT2D eigenvalue weighted by atomic mass is 32.2. The lowest BCUT2D eigenvalue weighted by atomic mass is 10.1. The van der Waals surface area contributed by atoms with Crippen LogP contribution >= 0.6 is 0 Å². The van der Waals surface area contributed by atoms with Crippen molar-refractivity contribution in [3.05, 3.63) is 65.4 Å². The van der Waals surface area contributed by atoms with Crippen LogP contribution in [0.2, 0.25) is 0 Å². The highest BCUT2D eigenvalue weighted by molar-refractivity contribution is 7.89. The lowest BCUT2D eigenvalue weighted by molar-refractivity contribution is 0.0697. The standard InChI is InChI=1S/C24H29N5O5S/c1-16(2)29-18(4)22(17(3)26-29)35(32,33)28-12-10-27(11-13-28)24(31)19-7-5-8-20(15-19)25-23(30)21-9-6-14-34-21/h5-9,14-16H,10-13H2,1-4H3,(H,25,30). The molecular weight excluding hydrogens is 470 g/mol. The van der Waals surface area contributed by atoms with E-state index in [1.54, 1.807) is 59.8 Å². The van der Waals surface area contributed by atoms with E-state index in [2.05, 4.69) is 10.4 Å². The van der Waals surface area contributed by atoms with Crippen molar-refractivity contribution in [2.24, 2.45) is 0 Å². The van der Waals surface area contributed by atoms with Gasteiger partial charge in [-0.25, -0.2) is 8.42 Å². The Labute approximate surface area is 204 Å². The molecule has 0 radical (unpaired) electrons. The first-order valence-corrected chi connectivity index (χ1v) is 12.8. The zero-order valence-corrected chi connectivity index (χ0v) is 21.0. The van der Waals surface area contributed by atoms with E-state index in [-0.39, 0.29) is 48.8 Å². The van der Waals surface area contributed by atoms with Crippen molar-refractivity contribution in [1.82, 2.24) is 19.0 Å². The van der Waals surface area contributed by atoms with Crippen LogP contribution in [-0.2, 0) is 10.0 Å². The number of hydrogen-bond acceptors (Lipinski definition) is 6. The maximum absolute atomic E-state index is 13.4. The minimum absolute atomic E-state index is 0.0479. The van der Waals surface area contributed by atoms with Gasteiger partial charge in [0.05, 0.1) is 17.7 Å². The molecule has 0 atom stereocenters. The van der Waals surface area contributed by atoms with Gasteiger partial charge >= 0.3 is 0 Å². The Kier molecular flexibility index (Phi) is 6.82. The predicted molar refractivity (Wildman–Crippen MR) is 130 cm³/mol. The minimum Gasteiger partial charge on any atom is -0.459 e. The first-order valence-electron chi connectivity index (χ1n) is 11.4. The molecule has 0 bridgehead atoms. The SMILES string of the molecule is Cc1nn(C(C)C)c(C)c1S(=O)(=O)N1CCN(C(=O)c2cccc(NC(=O)c3ccco3)c2)CC1. The molecule has 1 aromatic carbocycles. The number of sulfonamides is 1. The summed E-state index contributed by atoms with van der Waals surface area (Å²) in [6.45, 7) is 8.29. The summed E-state index contributed by atoms with van der Waals surface area (Å²) >= 11 is 0. The van der Waals surface area contributed by atoms with Crippen LogP contribution in [0.4, 0.5) is 5.69 Å². The third-order valence-electron chi connectivity index (χ3n) is 5.98. The van der Waals surface area contributed by atoms with E-state index in [0.717, 1.165) is 0 Å². The molecular formula is C24H29N5O5S. The van der Waals surface area contributed by atoms with E-state index in [1.165, 1.54) is 10.6 Å². The average Bonchev–Trinajstić information content (AvgIpc) is 3.47. The van der Waals surface area contributed by atoms with E-state index < -0.39 is 15.9 Å². The van der Waals surface area contributed by atoms with Crippen LogP contribution in [0.15, 0.2) is 52.0 Å². The Morgan fingerprint density at radius 3 is 2.37 bits per heavy atom. The summed E-state index contributed by atoms with van der Waals surface area (Å²) in [5.41, 5.74) is 1.96. The van der Waals surface area contributed by atoms with Gasteiger partial charge in [0.2, 0.25) is 10.0 Å². The molecule has 35 heavy (non-hydrogen) atoms. The van der Waals surface area contributed by atoms with Gasteiger partial charge in [-0.2, -0.15) is 9.40 Å². The van der Waals surface area contributed by atoms with Crippen LogP contribution in [-0.4, -0.2) is 65.4 Å². The predicted octanol–water partition coefficient (Wildman–Crippen LogP) is 3.07. The largest absolute Gasteiger partial charge is 0.459 e. The fourth-order valence-electron chi connectivity index (χ4n) is 4.30. The lowest BCUT2D eigenvalue weighted by Crippen LogP contribution is -2.50. The van der Waals surface area contributed by atoms with Crippen LogP contribution in [0.25, 0.3) is 0 Å². The first-order chi connectivity index (χ1) is 16.6. The normalized spacial score (nSPS) is 14.9. The second kappa shape index (κ2) is 9.67. The molecule has 1 saturated heterocycles. The van der Waals surface area contributed by atoms with Crippen molar-refractivity contribution in [1.29, 1.82) is 0 Å². The number of carbonyl (C=O) groups is 2. The third-order valence-corrected chi connectivity index (χ3v) is 8.14.